The number of ether oxygens (including phenoxy) is 1. The van der Waals surface area contributed by atoms with Crippen molar-refractivity contribution in [1.29, 1.82) is 5.26 Å². The number of amides is 1. The van der Waals surface area contributed by atoms with Crippen LogP contribution >= 0.6 is 0 Å². The van der Waals surface area contributed by atoms with Crippen LogP contribution in [0.15, 0.2) is 47.1 Å². The van der Waals surface area contributed by atoms with E-state index in [9.17, 15) is 4.79 Å². The molecule has 0 aliphatic heterocycles. The van der Waals surface area contributed by atoms with Crippen molar-refractivity contribution in [1.82, 2.24) is 0 Å². The minimum absolute atomic E-state index is 0.259. The van der Waals surface area contributed by atoms with Crippen molar-refractivity contribution in [3.8, 4) is 11.8 Å². The van der Waals surface area contributed by atoms with E-state index in [-0.39, 0.29) is 11.7 Å². The van der Waals surface area contributed by atoms with Gasteiger partial charge in [-0.1, -0.05) is 0 Å². The van der Waals surface area contributed by atoms with Gasteiger partial charge < -0.3 is 14.5 Å². The largest absolute Gasteiger partial charge is 0.493 e. The number of furan rings is 1. The fourth-order valence-corrected chi connectivity index (χ4v) is 1.45. The van der Waals surface area contributed by atoms with E-state index in [1.165, 1.54) is 6.26 Å². The molecule has 0 saturated carbocycles. The Kier molecular flexibility index (Phi) is 4.19. The smallest absolute Gasteiger partial charge is 0.291 e. The van der Waals surface area contributed by atoms with Gasteiger partial charge >= 0.3 is 0 Å². The molecule has 0 spiro atoms. The van der Waals surface area contributed by atoms with Crippen molar-refractivity contribution < 1.29 is 13.9 Å². The number of carbonyl (C=O) groups is 1. The van der Waals surface area contributed by atoms with Crippen LogP contribution in [0.1, 0.15) is 17.0 Å². The van der Waals surface area contributed by atoms with Gasteiger partial charge in [0.1, 0.15) is 12.4 Å². The van der Waals surface area contributed by atoms with E-state index >= 15 is 0 Å². The fourth-order valence-electron chi connectivity index (χ4n) is 1.45. The van der Waals surface area contributed by atoms with Crippen LogP contribution in [0.3, 0.4) is 0 Å². The predicted octanol–water partition coefficient (Wildman–Crippen LogP) is 2.82. The zero-order chi connectivity index (χ0) is 13.5. The molecule has 0 aliphatic carbocycles. The maximum Gasteiger partial charge on any atom is 0.291 e. The summed E-state index contributed by atoms with van der Waals surface area (Å²) in [5.41, 5.74) is 0.647. The van der Waals surface area contributed by atoms with Gasteiger partial charge in [0.15, 0.2) is 5.76 Å². The van der Waals surface area contributed by atoms with Gasteiger partial charge in [-0.2, -0.15) is 5.26 Å². The summed E-state index contributed by atoms with van der Waals surface area (Å²) in [5, 5.41) is 11.1. The van der Waals surface area contributed by atoms with Gasteiger partial charge in [-0.05, 0) is 36.4 Å². The van der Waals surface area contributed by atoms with Crippen LogP contribution in [0.4, 0.5) is 5.69 Å². The SMILES string of the molecule is N#CCCOc1ccc(NC(=O)c2ccco2)cc1. The molecular weight excluding hydrogens is 244 g/mol. The predicted molar refractivity (Wildman–Crippen MR) is 68.8 cm³/mol. The molecule has 1 aromatic heterocycles. The first-order chi connectivity index (χ1) is 9.29. The Hall–Kier alpha value is -2.74. The van der Waals surface area contributed by atoms with Gasteiger partial charge in [0.25, 0.3) is 5.91 Å². The van der Waals surface area contributed by atoms with Crippen LogP contribution in [0, 0.1) is 11.3 Å². The van der Waals surface area contributed by atoms with E-state index in [0.717, 1.165) is 0 Å². The van der Waals surface area contributed by atoms with Gasteiger partial charge in [-0.3, -0.25) is 4.79 Å². The molecule has 1 N–H and O–H groups in total. The molecular formula is C14H12N2O3. The van der Waals surface area contributed by atoms with Crippen LogP contribution in [0.25, 0.3) is 0 Å². The van der Waals surface area contributed by atoms with E-state index in [4.69, 9.17) is 14.4 Å². The molecule has 0 aliphatic rings. The molecule has 5 nitrogen and oxygen atoms in total. The van der Waals surface area contributed by atoms with Crippen molar-refractivity contribution >= 4 is 11.6 Å². The number of nitriles is 1. The van der Waals surface area contributed by atoms with Crippen LogP contribution < -0.4 is 10.1 Å². The maximum absolute atomic E-state index is 11.7. The second-order valence-corrected chi connectivity index (χ2v) is 3.71. The van der Waals surface area contributed by atoms with Gasteiger partial charge in [0, 0.05) is 5.69 Å². The lowest BCUT2D eigenvalue weighted by Gasteiger charge is -2.06. The van der Waals surface area contributed by atoms with E-state index in [2.05, 4.69) is 5.32 Å². The Labute approximate surface area is 110 Å². The summed E-state index contributed by atoms with van der Waals surface area (Å²) in [6.07, 6.45) is 1.79. The van der Waals surface area contributed by atoms with E-state index in [0.29, 0.717) is 24.5 Å². The summed E-state index contributed by atoms with van der Waals surface area (Å²) in [6.45, 7) is 0.356. The normalized spacial score (nSPS) is 9.63. The fraction of sp³-hybridized carbons (Fsp3) is 0.143. The number of anilines is 1. The lowest BCUT2D eigenvalue weighted by atomic mass is 10.3. The highest BCUT2D eigenvalue weighted by molar-refractivity contribution is 6.02. The molecule has 0 saturated heterocycles. The van der Waals surface area contributed by atoms with Crippen molar-refractivity contribution in [3.63, 3.8) is 0 Å². The van der Waals surface area contributed by atoms with Crippen molar-refractivity contribution in [3.05, 3.63) is 48.4 Å². The zero-order valence-corrected chi connectivity index (χ0v) is 10.1. The lowest BCUT2D eigenvalue weighted by molar-refractivity contribution is 0.0996. The van der Waals surface area contributed by atoms with Gasteiger partial charge in [0.05, 0.1) is 18.8 Å². The third kappa shape index (κ3) is 3.61. The maximum atomic E-state index is 11.7. The average molecular weight is 256 g/mol. The van der Waals surface area contributed by atoms with Crippen LogP contribution in [-0.2, 0) is 0 Å². The summed E-state index contributed by atoms with van der Waals surface area (Å²) in [7, 11) is 0. The quantitative estimate of drug-likeness (QED) is 0.834. The minimum Gasteiger partial charge on any atom is -0.493 e. The summed E-state index contributed by atoms with van der Waals surface area (Å²) >= 11 is 0. The Morgan fingerprint density at radius 2 is 2.11 bits per heavy atom. The molecule has 0 bridgehead atoms. The number of nitrogens with zero attached hydrogens (tertiary/aromatic N) is 1. The Bertz CT molecular complexity index is 568. The Morgan fingerprint density at radius 3 is 2.74 bits per heavy atom. The van der Waals surface area contributed by atoms with Gasteiger partial charge in [-0.25, -0.2) is 0 Å². The highest BCUT2D eigenvalue weighted by Gasteiger charge is 2.08. The second kappa shape index (κ2) is 6.26. The first kappa shape index (κ1) is 12.7. The standard InChI is InChI=1S/C14H12N2O3/c15-8-2-10-18-12-6-4-11(5-7-12)16-14(17)13-3-1-9-19-13/h1,3-7,9H,2,10H2,(H,16,17). The molecule has 0 atom stereocenters. The molecule has 0 radical (unpaired) electrons. The van der Waals surface area contributed by atoms with Crippen LogP contribution in [0.5, 0.6) is 5.75 Å². The van der Waals surface area contributed by atoms with Gasteiger partial charge in [-0.15, -0.1) is 0 Å². The summed E-state index contributed by atoms with van der Waals surface area (Å²) < 4.78 is 10.3. The Morgan fingerprint density at radius 1 is 1.32 bits per heavy atom. The molecule has 1 heterocycles. The molecule has 19 heavy (non-hydrogen) atoms. The highest BCUT2D eigenvalue weighted by atomic mass is 16.5. The second-order valence-electron chi connectivity index (χ2n) is 3.71. The molecule has 0 fully saturated rings. The molecule has 5 heteroatoms. The Balaban J connectivity index is 1.92. The van der Waals surface area contributed by atoms with E-state index in [1.54, 1.807) is 36.4 Å². The molecule has 2 aromatic rings. The third-order valence-electron chi connectivity index (χ3n) is 2.34. The number of hydrogen-bond donors (Lipinski definition) is 1. The van der Waals surface area contributed by atoms with Gasteiger partial charge in [0.2, 0.25) is 0 Å². The van der Waals surface area contributed by atoms with E-state index in [1.807, 2.05) is 6.07 Å². The monoisotopic (exact) mass is 256 g/mol. The average Bonchev–Trinajstić information content (AvgIpc) is 2.95. The molecule has 1 amide bonds. The van der Waals surface area contributed by atoms with Crippen molar-refractivity contribution in [2.24, 2.45) is 0 Å². The van der Waals surface area contributed by atoms with Crippen molar-refractivity contribution in [2.45, 2.75) is 6.42 Å². The number of nitrogens with one attached hydrogen (secondary N) is 1. The molecule has 2 rings (SSSR count). The topological polar surface area (TPSA) is 75.3 Å². The number of carbonyl (C=O) groups excluding carboxylic acids is 1. The van der Waals surface area contributed by atoms with Crippen LogP contribution in [0.2, 0.25) is 0 Å². The highest BCUT2D eigenvalue weighted by Crippen LogP contribution is 2.16. The minimum atomic E-state index is -0.303. The number of rotatable bonds is 5. The zero-order valence-electron chi connectivity index (χ0n) is 10.1. The van der Waals surface area contributed by atoms with Crippen molar-refractivity contribution in [2.75, 3.05) is 11.9 Å². The summed E-state index contributed by atoms with van der Waals surface area (Å²) in [5.74, 6) is 0.615. The summed E-state index contributed by atoms with van der Waals surface area (Å²) in [6, 6.07) is 12.2. The molecule has 96 valence electrons. The number of hydrogen-bond acceptors (Lipinski definition) is 4. The summed E-state index contributed by atoms with van der Waals surface area (Å²) in [4.78, 5) is 11.7. The first-order valence-electron chi connectivity index (χ1n) is 5.74. The van der Waals surface area contributed by atoms with Crippen LogP contribution in [-0.4, -0.2) is 12.5 Å². The van der Waals surface area contributed by atoms with E-state index < -0.39 is 0 Å². The molecule has 1 aromatic carbocycles. The number of benzene rings is 1. The third-order valence-corrected chi connectivity index (χ3v) is 2.34. The first-order valence-corrected chi connectivity index (χ1v) is 5.74. The lowest BCUT2D eigenvalue weighted by Crippen LogP contribution is -2.10. The molecule has 0 unspecified atom stereocenters.